The standard InChI is InChI=1S/C12H15FN2O5S/c1-20-7-6-14-21(18,19)15-10-3-4-11(13)9(8-10)2-5-12(16)17/h2-5,8,14-15H,6-7H2,1H3,(H,16,17)/b5-2+. The van der Waals surface area contributed by atoms with Gasteiger partial charge in [-0.25, -0.2) is 9.18 Å². The molecule has 0 heterocycles. The van der Waals surface area contributed by atoms with Crippen LogP contribution in [0, 0.1) is 5.82 Å². The SMILES string of the molecule is COCCNS(=O)(=O)Nc1ccc(F)c(/C=C/C(=O)O)c1. The number of nitrogens with one attached hydrogen (secondary N) is 2. The second kappa shape index (κ2) is 7.72. The smallest absolute Gasteiger partial charge is 0.328 e. The summed E-state index contributed by atoms with van der Waals surface area (Å²) in [6, 6.07) is 3.45. The Morgan fingerprint density at radius 2 is 2.19 bits per heavy atom. The largest absolute Gasteiger partial charge is 0.478 e. The van der Waals surface area contributed by atoms with Crippen LogP contribution in [0.5, 0.6) is 0 Å². The second-order valence-corrected chi connectivity index (χ2v) is 5.40. The number of ether oxygens (including phenoxy) is 1. The van der Waals surface area contributed by atoms with E-state index in [1.165, 1.54) is 19.2 Å². The molecule has 9 heteroatoms. The summed E-state index contributed by atoms with van der Waals surface area (Å²) >= 11 is 0. The molecule has 0 unspecified atom stereocenters. The molecule has 0 saturated carbocycles. The van der Waals surface area contributed by atoms with Crippen molar-refractivity contribution < 1.29 is 27.4 Å². The summed E-state index contributed by atoms with van der Waals surface area (Å²) in [5.41, 5.74) is 0.0563. The number of benzene rings is 1. The zero-order valence-corrected chi connectivity index (χ0v) is 12.0. The van der Waals surface area contributed by atoms with Crippen LogP contribution in [0.3, 0.4) is 0 Å². The fourth-order valence-electron chi connectivity index (χ4n) is 1.37. The first-order valence-corrected chi connectivity index (χ1v) is 7.29. The lowest BCUT2D eigenvalue weighted by Crippen LogP contribution is -2.32. The van der Waals surface area contributed by atoms with Gasteiger partial charge in [-0.15, -0.1) is 0 Å². The molecule has 0 aromatic heterocycles. The Kier molecular flexibility index (Phi) is 6.28. The van der Waals surface area contributed by atoms with Gasteiger partial charge in [-0.1, -0.05) is 0 Å². The number of hydrogen-bond acceptors (Lipinski definition) is 4. The Hall–Kier alpha value is -1.97. The third kappa shape index (κ3) is 6.34. The molecule has 0 aliphatic rings. The summed E-state index contributed by atoms with van der Waals surface area (Å²) < 4.78 is 45.9. The second-order valence-electron chi connectivity index (χ2n) is 3.90. The van der Waals surface area contributed by atoms with Gasteiger partial charge in [0.05, 0.1) is 12.3 Å². The Labute approximate surface area is 121 Å². The predicted molar refractivity (Wildman–Crippen MR) is 75.5 cm³/mol. The van der Waals surface area contributed by atoms with E-state index in [4.69, 9.17) is 9.84 Å². The summed E-state index contributed by atoms with van der Waals surface area (Å²) in [6.07, 6.45) is 1.79. The van der Waals surface area contributed by atoms with E-state index in [0.29, 0.717) is 0 Å². The Morgan fingerprint density at radius 3 is 2.81 bits per heavy atom. The predicted octanol–water partition coefficient (Wildman–Crippen LogP) is 0.816. The van der Waals surface area contributed by atoms with Crippen molar-refractivity contribution in [1.82, 2.24) is 4.72 Å². The van der Waals surface area contributed by atoms with Crippen molar-refractivity contribution in [1.29, 1.82) is 0 Å². The third-order valence-corrected chi connectivity index (χ3v) is 3.34. The van der Waals surface area contributed by atoms with Crippen LogP contribution in [0.1, 0.15) is 5.56 Å². The first kappa shape index (κ1) is 17.1. The van der Waals surface area contributed by atoms with Crippen LogP contribution < -0.4 is 9.44 Å². The highest BCUT2D eigenvalue weighted by molar-refractivity contribution is 7.90. The number of anilines is 1. The maximum Gasteiger partial charge on any atom is 0.328 e. The van der Waals surface area contributed by atoms with Gasteiger partial charge in [0.25, 0.3) is 10.2 Å². The van der Waals surface area contributed by atoms with Gasteiger partial charge >= 0.3 is 5.97 Å². The van der Waals surface area contributed by atoms with Gasteiger partial charge in [0.2, 0.25) is 0 Å². The molecule has 0 fully saturated rings. The van der Waals surface area contributed by atoms with Gasteiger partial charge < -0.3 is 9.84 Å². The van der Waals surface area contributed by atoms with Gasteiger partial charge in [-0.05, 0) is 24.3 Å². The summed E-state index contributed by atoms with van der Waals surface area (Å²) in [7, 11) is -2.38. The van der Waals surface area contributed by atoms with Gasteiger partial charge in [-0.2, -0.15) is 13.1 Å². The molecule has 0 amide bonds. The van der Waals surface area contributed by atoms with Crippen LogP contribution >= 0.6 is 0 Å². The normalized spacial score (nSPS) is 11.7. The zero-order chi connectivity index (χ0) is 15.9. The minimum Gasteiger partial charge on any atom is -0.478 e. The number of aliphatic carboxylic acids is 1. The number of carboxylic acids is 1. The van der Waals surface area contributed by atoms with Crippen LogP contribution in [-0.4, -0.2) is 39.8 Å². The van der Waals surface area contributed by atoms with Crippen molar-refractivity contribution in [2.75, 3.05) is 25.0 Å². The molecule has 0 radical (unpaired) electrons. The highest BCUT2D eigenvalue weighted by Gasteiger charge is 2.10. The number of rotatable bonds is 8. The lowest BCUT2D eigenvalue weighted by atomic mass is 10.2. The molecule has 3 N–H and O–H groups in total. The van der Waals surface area contributed by atoms with E-state index in [0.717, 1.165) is 18.2 Å². The molecule has 1 aromatic rings. The topological polar surface area (TPSA) is 105 Å². The van der Waals surface area contributed by atoms with E-state index in [9.17, 15) is 17.6 Å². The Bertz CT molecular complexity index is 631. The molecule has 21 heavy (non-hydrogen) atoms. The summed E-state index contributed by atoms with van der Waals surface area (Å²) in [6.45, 7) is 0.287. The van der Waals surface area contributed by atoms with Crippen LogP contribution in [0.4, 0.5) is 10.1 Å². The molecule has 0 bridgehead atoms. The molecule has 0 saturated heterocycles. The van der Waals surface area contributed by atoms with E-state index in [1.807, 2.05) is 0 Å². The van der Waals surface area contributed by atoms with E-state index in [1.54, 1.807) is 0 Å². The maximum atomic E-state index is 13.4. The van der Waals surface area contributed by atoms with E-state index in [2.05, 4.69) is 9.44 Å². The van der Waals surface area contributed by atoms with Gasteiger partial charge in [0.1, 0.15) is 5.82 Å². The van der Waals surface area contributed by atoms with Crippen LogP contribution in [0.2, 0.25) is 0 Å². The quantitative estimate of drug-likeness (QED) is 0.486. The first-order valence-electron chi connectivity index (χ1n) is 5.81. The number of methoxy groups -OCH3 is 1. The van der Waals surface area contributed by atoms with E-state index in [-0.39, 0.29) is 24.4 Å². The van der Waals surface area contributed by atoms with Crippen molar-refractivity contribution in [3.05, 3.63) is 35.7 Å². The number of carboxylic acid groups (broad SMARTS) is 1. The molecule has 0 atom stereocenters. The average molecular weight is 318 g/mol. The molecule has 7 nitrogen and oxygen atoms in total. The van der Waals surface area contributed by atoms with Crippen LogP contribution in [0.25, 0.3) is 6.08 Å². The fraction of sp³-hybridized carbons (Fsp3) is 0.250. The molecule has 0 spiro atoms. The molecule has 0 aliphatic carbocycles. The number of halogens is 1. The minimum atomic E-state index is -3.81. The molecular weight excluding hydrogens is 303 g/mol. The molecule has 116 valence electrons. The fourth-order valence-corrected chi connectivity index (χ4v) is 2.23. The van der Waals surface area contributed by atoms with Crippen molar-refractivity contribution in [3.63, 3.8) is 0 Å². The average Bonchev–Trinajstić information content (AvgIpc) is 2.39. The molecule has 1 rings (SSSR count). The van der Waals surface area contributed by atoms with Crippen LogP contribution in [-0.2, 0) is 19.7 Å². The van der Waals surface area contributed by atoms with Crippen molar-refractivity contribution >= 4 is 27.9 Å². The van der Waals surface area contributed by atoms with Gasteiger partial charge in [0.15, 0.2) is 0 Å². The van der Waals surface area contributed by atoms with Gasteiger partial charge in [-0.3, -0.25) is 4.72 Å². The molecule has 0 aliphatic heterocycles. The van der Waals surface area contributed by atoms with Gasteiger partial charge in [0, 0.05) is 25.3 Å². The summed E-state index contributed by atoms with van der Waals surface area (Å²) in [5, 5.41) is 8.50. The lowest BCUT2D eigenvalue weighted by Gasteiger charge is -2.10. The van der Waals surface area contributed by atoms with Crippen LogP contribution in [0.15, 0.2) is 24.3 Å². The first-order chi connectivity index (χ1) is 9.84. The van der Waals surface area contributed by atoms with Crippen molar-refractivity contribution in [3.8, 4) is 0 Å². The maximum absolute atomic E-state index is 13.4. The van der Waals surface area contributed by atoms with E-state index < -0.39 is 22.0 Å². The van der Waals surface area contributed by atoms with Crippen molar-refractivity contribution in [2.24, 2.45) is 0 Å². The Balaban J connectivity index is 2.85. The molecule has 1 aromatic carbocycles. The highest BCUT2D eigenvalue weighted by Crippen LogP contribution is 2.17. The summed E-state index contributed by atoms with van der Waals surface area (Å²) in [4.78, 5) is 10.4. The third-order valence-electron chi connectivity index (χ3n) is 2.25. The molecular formula is C12H15FN2O5S. The number of carbonyl (C=O) groups is 1. The monoisotopic (exact) mass is 318 g/mol. The van der Waals surface area contributed by atoms with E-state index >= 15 is 0 Å². The Morgan fingerprint density at radius 1 is 1.48 bits per heavy atom. The highest BCUT2D eigenvalue weighted by atomic mass is 32.2. The minimum absolute atomic E-state index is 0.0468. The number of hydrogen-bond donors (Lipinski definition) is 3. The lowest BCUT2D eigenvalue weighted by molar-refractivity contribution is -0.131. The summed E-state index contributed by atoms with van der Waals surface area (Å²) in [5.74, 6) is -1.90. The zero-order valence-electron chi connectivity index (χ0n) is 11.2. The van der Waals surface area contributed by atoms with Crippen molar-refractivity contribution in [2.45, 2.75) is 0 Å².